The zero-order chi connectivity index (χ0) is 18.1. The third kappa shape index (κ3) is 6.47. The van der Waals surface area contributed by atoms with E-state index in [0.29, 0.717) is 5.56 Å². The Kier molecular flexibility index (Phi) is 6.71. The van der Waals surface area contributed by atoms with E-state index >= 15 is 0 Å². The Balaban J connectivity index is 1.66. The van der Waals surface area contributed by atoms with E-state index in [1.165, 1.54) is 0 Å². The Morgan fingerprint density at radius 1 is 0.920 bits per heavy atom. The van der Waals surface area contributed by atoms with E-state index in [9.17, 15) is 14.4 Å². The van der Waals surface area contributed by atoms with Gasteiger partial charge in [0.2, 0.25) is 5.91 Å². The summed E-state index contributed by atoms with van der Waals surface area (Å²) < 4.78 is 5.05. The lowest BCUT2D eigenvalue weighted by Crippen LogP contribution is -2.39. The van der Waals surface area contributed by atoms with Crippen LogP contribution in [0.25, 0.3) is 0 Å². The Labute approximate surface area is 146 Å². The van der Waals surface area contributed by atoms with Crippen LogP contribution in [0.15, 0.2) is 54.6 Å². The predicted octanol–water partition coefficient (Wildman–Crippen LogP) is 1.58. The molecule has 2 N–H and O–H groups in total. The second-order valence-electron chi connectivity index (χ2n) is 5.48. The smallest absolute Gasteiger partial charge is 0.325 e. The molecule has 6 nitrogen and oxygen atoms in total. The van der Waals surface area contributed by atoms with Gasteiger partial charge in [-0.3, -0.25) is 14.4 Å². The molecule has 0 aliphatic heterocycles. The molecule has 6 heteroatoms. The number of esters is 1. The Morgan fingerprint density at radius 2 is 1.68 bits per heavy atom. The zero-order valence-corrected chi connectivity index (χ0v) is 14.0. The molecular formula is C19H20N2O4. The SMILES string of the molecule is Cc1cccc(C(=O)NCC(=O)NCC(=O)OCc2ccccc2)c1. The third-order valence-electron chi connectivity index (χ3n) is 3.36. The van der Waals surface area contributed by atoms with Crippen molar-refractivity contribution in [1.29, 1.82) is 0 Å². The summed E-state index contributed by atoms with van der Waals surface area (Å²) in [5, 5.41) is 4.91. The number of carbonyl (C=O) groups excluding carboxylic acids is 3. The summed E-state index contributed by atoms with van der Waals surface area (Å²) >= 11 is 0. The first-order valence-electron chi connectivity index (χ1n) is 7.85. The fourth-order valence-corrected chi connectivity index (χ4v) is 2.07. The molecule has 2 aromatic carbocycles. The maximum atomic E-state index is 11.9. The third-order valence-corrected chi connectivity index (χ3v) is 3.36. The number of rotatable bonds is 7. The van der Waals surface area contributed by atoms with Gasteiger partial charge < -0.3 is 15.4 Å². The highest BCUT2D eigenvalue weighted by Gasteiger charge is 2.10. The van der Waals surface area contributed by atoms with Crippen molar-refractivity contribution in [2.75, 3.05) is 13.1 Å². The molecule has 0 unspecified atom stereocenters. The van der Waals surface area contributed by atoms with Crippen LogP contribution in [0.4, 0.5) is 0 Å². The van der Waals surface area contributed by atoms with Crippen LogP contribution in [-0.2, 0) is 20.9 Å². The van der Waals surface area contributed by atoms with Crippen molar-refractivity contribution in [2.45, 2.75) is 13.5 Å². The van der Waals surface area contributed by atoms with Gasteiger partial charge in [-0.15, -0.1) is 0 Å². The monoisotopic (exact) mass is 340 g/mol. The first-order chi connectivity index (χ1) is 12.0. The normalized spacial score (nSPS) is 9.96. The molecule has 0 fully saturated rings. The molecule has 0 saturated heterocycles. The topological polar surface area (TPSA) is 84.5 Å². The number of amides is 2. The van der Waals surface area contributed by atoms with Gasteiger partial charge in [0.25, 0.3) is 5.91 Å². The van der Waals surface area contributed by atoms with Crippen molar-refractivity contribution in [3.05, 3.63) is 71.3 Å². The molecule has 0 heterocycles. The molecule has 0 saturated carbocycles. The highest BCUT2D eigenvalue weighted by atomic mass is 16.5. The number of aryl methyl sites for hydroxylation is 1. The standard InChI is InChI=1S/C19H20N2O4/c1-14-6-5-9-16(10-14)19(24)21-11-17(22)20-12-18(23)25-13-15-7-3-2-4-8-15/h2-10H,11-13H2,1H3,(H,20,22)(H,21,24). The van der Waals surface area contributed by atoms with E-state index in [-0.39, 0.29) is 25.6 Å². The highest BCUT2D eigenvalue weighted by Crippen LogP contribution is 2.03. The van der Waals surface area contributed by atoms with Gasteiger partial charge in [0, 0.05) is 5.56 Å². The molecule has 0 bridgehead atoms. The van der Waals surface area contributed by atoms with E-state index < -0.39 is 11.9 Å². The quantitative estimate of drug-likeness (QED) is 0.750. The van der Waals surface area contributed by atoms with Gasteiger partial charge in [0.15, 0.2) is 0 Å². The summed E-state index contributed by atoms with van der Waals surface area (Å²) in [6, 6.07) is 16.3. The zero-order valence-electron chi connectivity index (χ0n) is 14.0. The number of benzene rings is 2. The second kappa shape index (κ2) is 9.22. The molecule has 0 aliphatic carbocycles. The van der Waals surface area contributed by atoms with E-state index in [1.54, 1.807) is 18.2 Å². The molecule has 0 radical (unpaired) electrons. The molecule has 2 amide bonds. The lowest BCUT2D eigenvalue weighted by Gasteiger charge is -2.08. The maximum Gasteiger partial charge on any atom is 0.325 e. The molecular weight excluding hydrogens is 320 g/mol. The van der Waals surface area contributed by atoms with Gasteiger partial charge in [-0.05, 0) is 24.6 Å². The van der Waals surface area contributed by atoms with Crippen molar-refractivity contribution in [1.82, 2.24) is 10.6 Å². The van der Waals surface area contributed by atoms with Crippen LogP contribution in [0.2, 0.25) is 0 Å². The second-order valence-corrected chi connectivity index (χ2v) is 5.48. The first-order valence-corrected chi connectivity index (χ1v) is 7.85. The minimum atomic E-state index is -0.540. The van der Waals surface area contributed by atoms with Crippen molar-refractivity contribution < 1.29 is 19.1 Å². The first kappa shape index (κ1) is 18.2. The maximum absolute atomic E-state index is 11.9. The average Bonchev–Trinajstić information content (AvgIpc) is 2.63. The van der Waals surface area contributed by atoms with E-state index in [4.69, 9.17) is 4.74 Å². The number of hydrogen-bond donors (Lipinski definition) is 2. The number of hydrogen-bond acceptors (Lipinski definition) is 4. The molecule has 0 aromatic heterocycles. The van der Waals surface area contributed by atoms with Gasteiger partial charge in [0.1, 0.15) is 13.2 Å². The minimum Gasteiger partial charge on any atom is -0.460 e. The number of ether oxygens (including phenoxy) is 1. The molecule has 0 spiro atoms. The van der Waals surface area contributed by atoms with Crippen LogP contribution in [0.3, 0.4) is 0 Å². The summed E-state index contributed by atoms with van der Waals surface area (Å²) in [6.07, 6.45) is 0. The predicted molar refractivity (Wildman–Crippen MR) is 92.8 cm³/mol. The van der Waals surface area contributed by atoms with Gasteiger partial charge >= 0.3 is 5.97 Å². The summed E-state index contributed by atoms with van der Waals surface area (Å²) in [4.78, 5) is 35.2. The molecule has 25 heavy (non-hydrogen) atoms. The van der Waals surface area contributed by atoms with Crippen LogP contribution in [-0.4, -0.2) is 30.9 Å². The van der Waals surface area contributed by atoms with Crippen LogP contribution in [0.5, 0.6) is 0 Å². The van der Waals surface area contributed by atoms with Gasteiger partial charge in [-0.2, -0.15) is 0 Å². The van der Waals surface area contributed by atoms with Crippen molar-refractivity contribution in [3.8, 4) is 0 Å². The Morgan fingerprint density at radius 3 is 2.40 bits per heavy atom. The van der Waals surface area contributed by atoms with Crippen molar-refractivity contribution >= 4 is 17.8 Å². The Hall–Kier alpha value is -3.15. The summed E-state index contributed by atoms with van der Waals surface area (Å²) in [7, 11) is 0. The molecule has 2 aromatic rings. The summed E-state index contributed by atoms with van der Waals surface area (Å²) in [5.74, 6) is -1.34. The Bertz CT molecular complexity index is 744. The summed E-state index contributed by atoms with van der Waals surface area (Å²) in [6.45, 7) is 1.58. The van der Waals surface area contributed by atoms with E-state index in [1.807, 2.05) is 43.3 Å². The highest BCUT2D eigenvalue weighted by molar-refractivity contribution is 5.96. The largest absolute Gasteiger partial charge is 0.460 e. The van der Waals surface area contributed by atoms with Crippen LogP contribution in [0, 0.1) is 6.92 Å². The molecule has 0 atom stereocenters. The van der Waals surface area contributed by atoms with E-state index in [2.05, 4.69) is 10.6 Å². The van der Waals surface area contributed by atoms with Crippen molar-refractivity contribution in [3.63, 3.8) is 0 Å². The minimum absolute atomic E-state index is 0.152. The van der Waals surface area contributed by atoms with E-state index in [0.717, 1.165) is 11.1 Å². The number of nitrogens with one attached hydrogen (secondary N) is 2. The number of carbonyl (C=O) groups is 3. The lowest BCUT2D eigenvalue weighted by molar-refractivity contribution is -0.145. The molecule has 0 aliphatic rings. The average molecular weight is 340 g/mol. The molecule has 130 valence electrons. The fourth-order valence-electron chi connectivity index (χ4n) is 2.07. The van der Waals surface area contributed by atoms with Crippen LogP contribution in [0.1, 0.15) is 21.5 Å². The van der Waals surface area contributed by atoms with Crippen LogP contribution < -0.4 is 10.6 Å². The van der Waals surface area contributed by atoms with Gasteiger partial charge in [-0.25, -0.2) is 0 Å². The summed E-state index contributed by atoms with van der Waals surface area (Å²) in [5.41, 5.74) is 2.31. The van der Waals surface area contributed by atoms with Crippen LogP contribution >= 0.6 is 0 Å². The lowest BCUT2D eigenvalue weighted by atomic mass is 10.1. The van der Waals surface area contributed by atoms with Crippen molar-refractivity contribution in [2.24, 2.45) is 0 Å². The van der Waals surface area contributed by atoms with Gasteiger partial charge in [-0.1, -0.05) is 48.0 Å². The van der Waals surface area contributed by atoms with Gasteiger partial charge in [0.05, 0.1) is 6.54 Å². The molecule has 2 rings (SSSR count). The fraction of sp³-hybridized carbons (Fsp3) is 0.211.